The summed E-state index contributed by atoms with van der Waals surface area (Å²) in [6.45, 7) is 3.89. The Bertz CT molecular complexity index is 1160. The van der Waals surface area contributed by atoms with Crippen LogP contribution in [-0.4, -0.2) is 50.0 Å². The molecule has 2 aromatic rings. The van der Waals surface area contributed by atoms with Crippen LogP contribution in [0.3, 0.4) is 0 Å². The summed E-state index contributed by atoms with van der Waals surface area (Å²) >= 11 is 0. The molecule has 202 valence electrons. The van der Waals surface area contributed by atoms with Gasteiger partial charge in [0.15, 0.2) is 0 Å². The average Bonchev–Trinajstić information content (AvgIpc) is 2.85. The zero-order chi connectivity index (χ0) is 27.0. The van der Waals surface area contributed by atoms with Crippen molar-refractivity contribution in [3.8, 4) is 0 Å². The van der Waals surface area contributed by atoms with Crippen LogP contribution >= 0.6 is 0 Å². The highest BCUT2D eigenvalue weighted by atomic mass is 32.2. The third kappa shape index (κ3) is 8.55. The maximum Gasteiger partial charge on any atom is 0.242 e. The van der Waals surface area contributed by atoms with Gasteiger partial charge >= 0.3 is 0 Å². The fraction of sp³-hybridized carbons (Fsp3) is 0.500. The van der Waals surface area contributed by atoms with Crippen molar-refractivity contribution in [3.63, 3.8) is 0 Å². The van der Waals surface area contributed by atoms with Crippen LogP contribution in [0.4, 0.5) is 10.1 Å². The minimum Gasteiger partial charge on any atom is -0.352 e. The highest BCUT2D eigenvalue weighted by Gasteiger charge is 2.28. The Kier molecular flexibility index (Phi) is 10.1. The highest BCUT2D eigenvalue weighted by molar-refractivity contribution is 7.92. The molecule has 0 unspecified atom stereocenters. The molecule has 1 aliphatic carbocycles. The van der Waals surface area contributed by atoms with E-state index in [0.717, 1.165) is 37.5 Å². The van der Waals surface area contributed by atoms with Crippen LogP contribution in [0.1, 0.15) is 63.0 Å². The molecule has 2 aromatic carbocycles. The number of benzene rings is 2. The zero-order valence-corrected chi connectivity index (χ0v) is 22.8. The van der Waals surface area contributed by atoms with Crippen molar-refractivity contribution in [2.24, 2.45) is 0 Å². The first-order valence-corrected chi connectivity index (χ1v) is 14.8. The van der Waals surface area contributed by atoms with Gasteiger partial charge in [0.05, 0.1) is 11.9 Å². The van der Waals surface area contributed by atoms with E-state index in [-0.39, 0.29) is 49.6 Å². The highest BCUT2D eigenvalue weighted by Crippen LogP contribution is 2.21. The fourth-order valence-electron chi connectivity index (χ4n) is 4.72. The van der Waals surface area contributed by atoms with Gasteiger partial charge in [-0.25, -0.2) is 12.8 Å². The number of aryl methyl sites for hydroxylation is 1. The summed E-state index contributed by atoms with van der Waals surface area (Å²) in [5.41, 5.74) is 2.20. The number of hydrogen-bond donors (Lipinski definition) is 1. The number of nitrogens with one attached hydrogen (secondary N) is 1. The van der Waals surface area contributed by atoms with Gasteiger partial charge in [-0.3, -0.25) is 13.9 Å². The quantitative estimate of drug-likeness (QED) is 0.461. The lowest BCUT2D eigenvalue weighted by Crippen LogP contribution is -2.50. The van der Waals surface area contributed by atoms with Crippen molar-refractivity contribution >= 4 is 27.5 Å². The Labute approximate surface area is 220 Å². The molecule has 0 heterocycles. The van der Waals surface area contributed by atoms with Gasteiger partial charge in [0, 0.05) is 25.6 Å². The van der Waals surface area contributed by atoms with E-state index in [4.69, 9.17) is 0 Å². The predicted octanol–water partition coefficient (Wildman–Crippen LogP) is 4.55. The van der Waals surface area contributed by atoms with Crippen LogP contribution in [0.2, 0.25) is 0 Å². The van der Waals surface area contributed by atoms with Gasteiger partial charge in [0.1, 0.15) is 11.9 Å². The maximum absolute atomic E-state index is 13.4. The van der Waals surface area contributed by atoms with E-state index in [9.17, 15) is 22.4 Å². The third-order valence-corrected chi connectivity index (χ3v) is 8.02. The van der Waals surface area contributed by atoms with Gasteiger partial charge in [-0.05, 0) is 68.5 Å². The molecule has 3 rings (SSSR count). The Hall–Kier alpha value is -2.94. The molecule has 1 fully saturated rings. The summed E-state index contributed by atoms with van der Waals surface area (Å²) in [6.07, 6.45) is 6.70. The monoisotopic (exact) mass is 531 g/mol. The molecule has 1 N–H and O–H groups in total. The molecule has 1 saturated carbocycles. The number of anilines is 1. The van der Waals surface area contributed by atoms with E-state index >= 15 is 0 Å². The normalized spacial score (nSPS) is 15.1. The molecule has 0 bridgehead atoms. The Morgan fingerprint density at radius 3 is 2.38 bits per heavy atom. The molecule has 0 radical (unpaired) electrons. The standard InChI is InChI=1S/C28H38FN3O4S/c1-21-9-7-12-26(19-21)32(37(3,35)36)18-8-13-27(33)31(20-23-14-16-24(29)17-15-23)22(2)28(34)30-25-10-5-4-6-11-25/h7,9,12,14-17,19,22,25H,4-6,8,10-11,13,18,20H2,1-3H3,(H,30,34)/t22-/m0/s1. The van der Waals surface area contributed by atoms with E-state index in [1.54, 1.807) is 37.3 Å². The summed E-state index contributed by atoms with van der Waals surface area (Å²) in [6, 6.07) is 12.5. The van der Waals surface area contributed by atoms with E-state index in [1.807, 2.05) is 13.0 Å². The average molecular weight is 532 g/mol. The number of hydrogen-bond acceptors (Lipinski definition) is 4. The third-order valence-electron chi connectivity index (χ3n) is 6.83. The number of halogens is 1. The SMILES string of the molecule is Cc1cccc(N(CCCC(=O)N(Cc2ccc(F)cc2)[C@@H](C)C(=O)NC2CCCCC2)S(C)(=O)=O)c1. The lowest BCUT2D eigenvalue weighted by molar-refractivity contribution is -0.141. The number of amides is 2. The minimum absolute atomic E-state index is 0.0695. The molecule has 0 spiro atoms. The van der Waals surface area contributed by atoms with E-state index in [1.165, 1.54) is 27.8 Å². The van der Waals surface area contributed by atoms with Crippen molar-refractivity contribution in [2.45, 2.75) is 77.4 Å². The molecule has 9 heteroatoms. The van der Waals surface area contributed by atoms with Crippen molar-refractivity contribution in [1.29, 1.82) is 0 Å². The summed E-state index contributed by atoms with van der Waals surface area (Å²) in [5.74, 6) is -0.838. The molecule has 0 aromatic heterocycles. The number of carbonyl (C=O) groups excluding carboxylic acids is 2. The zero-order valence-electron chi connectivity index (χ0n) is 22.0. The fourth-order valence-corrected chi connectivity index (χ4v) is 5.68. The molecule has 2 amide bonds. The second kappa shape index (κ2) is 13.0. The number of carbonyl (C=O) groups is 2. The van der Waals surface area contributed by atoms with Crippen molar-refractivity contribution in [2.75, 3.05) is 17.1 Å². The molecule has 0 saturated heterocycles. The Morgan fingerprint density at radius 1 is 1.08 bits per heavy atom. The van der Waals surface area contributed by atoms with Gasteiger partial charge in [-0.2, -0.15) is 0 Å². The van der Waals surface area contributed by atoms with Crippen LogP contribution in [0.15, 0.2) is 48.5 Å². The van der Waals surface area contributed by atoms with Gasteiger partial charge < -0.3 is 10.2 Å². The molecule has 1 aliphatic rings. The molecular weight excluding hydrogens is 493 g/mol. The topological polar surface area (TPSA) is 86.8 Å². The first kappa shape index (κ1) is 28.6. The predicted molar refractivity (Wildman–Crippen MR) is 144 cm³/mol. The van der Waals surface area contributed by atoms with Gasteiger partial charge in [-0.15, -0.1) is 0 Å². The minimum atomic E-state index is -3.54. The molecule has 7 nitrogen and oxygen atoms in total. The second-order valence-electron chi connectivity index (χ2n) is 9.95. The Balaban J connectivity index is 1.71. The summed E-state index contributed by atoms with van der Waals surface area (Å²) in [7, 11) is -3.54. The van der Waals surface area contributed by atoms with Crippen LogP contribution in [0, 0.1) is 12.7 Å². The van der Waals surface area contributed by atoms with Gasteiger partial charge in [-0.1, -0.05) is 43.5 Å². The summed E-state index contributed by atoms with van der Waals surface area (Å²) in [5, 5.41) is 3.09. The first-order chi connectivity index (χ1) is 17.5. The van der Waals surface area contributed by atoms with E-state index in [2.05, 4.69) is 5.32 Å². The van der Waals surface area contributed by atoms with Crippen LogP contribution in [-0.2, 0) is 26.2 Å². The largest absolute Gasteiger partial charge is 0.352 e. The van der Waals surface area contributed by atoms with Crippen molar-refractivity contribution < 1.29 is 22.4 Å². The van der Waals surface area contributed by atoms with E-state index < -0.39 is 16.1 Å². The number of sulfonamides is 1. The number of nitrogens with zero attached hydrogens (tertiary/aromatic N) is 2. The summed E-state index contributed by atoms with van der Waals surface area (Å²) < 4.78 is 39.6. The lowest BCUT2D eigenvalue weighted by Gasteiger charge is -2.31. The molecular formula is C28H38FN3O4S. The molecule has 0 aliphatic heterocycles. The molecule has 37 heavy (non-hydrogen) atoms. The van der Waals surface area contributed by atoms with Crippen LogP contribution in [0.5, 0.6) is 0 Å². The van der Waals surface area contributed by atoms with E-state index in [0.29, 0.717) is 11.3 Å². The van der Waals surface area contributed by atoms with Crippen LogP contribution < -0.4 is 9.62 Å². The van der Waals surface area contributed by atoms with Crippen molar-refractivity contribution in [1.82, 2.24) is 10.2 Å². The second-order valence-corrected chi connectivity index (χ2v) is 11.9. The van der Waals surface area contributed by atoms with Crippen molar-refractivity contribution in [3.05, 3.63) is 65.5 Å². The number of rotatable bonds is 11. The van der Waals surface area contributed by atoms with Gasteiger partial charge in [0.25, 0.3) is 0 Å². The smallest absolute Gasteiger partial charge is 0.242 e. The van der Waals surface area contributed by atoms with Gasteiger partial charge in [0.2, 0.25) is 21.8 Å². The summed E-state index contributed by atoms with van der Waals surface area (Å²) in [4.78, 5) is 28.0. The maximum atomic E-state index is 13.4. The van der Waals surface area contributed by atoms with Crippen LogP contribution in [0.25, 0.3) is 0 Å². The molecule has 1 atom stereocenters. The Morgan fingerprint density at radius 2 is 1.76 bits per heavy atom. The first-order valence-electron chi connectivity index (χ1n) is 12.9. The lowest BCUT2D eigenvalue weighted by atomic mass is 9.95.